The molecule has 8 heteroatoms. The standard InChI is InChI=1S/C24H22N4O4/c1-3-16-5-4-6-19(13-16)25-21(29)15-28-14-18(9-12-22(28)30)24-26-23(27-32-24)17-7-10-20(31-2)11-8-17/h4-14H,3,15H2,1-2H3,(H,25,29). The number of benzene rings is 2. The van der Waals surface area contributed by atoms with Crippen LogP contribution in [0.15, 0.2) is 76.2 Å². The first-order valence-electron chi connectivity index (χ1n) is 10.1. The van der Waals surface area contributed by atoms with E-state index in [1.165, 1.54) is 16.8 Å². The first-order chi connectivity index (χ1) is 15.6. The van der Waals surface area contributed by atoms with Crippen molar-refractivity contribution < 1.29 is 14.1 Å². The maximum Gasteiger partial charge on any atom is 0.259 e. The highest BCUT2D eigenvalue weighted by atomic mass is 16.5. The number of ether oxygens (including phenoxy) is 1. The summed E-state index contributed by atoms with van der Waals surface area (Å²) < 4.78 is 11.8. The van der Waals surface area contributed by atoms with Gasteiger partial charge in [0.1, 0.15) is 12.3 Å². The number of hydrogen-bond donors (Lipinski definition) is 1. The molecule has 0 aliphatic rings. The number of aromatic nitrogens is 3. The van der Waals surface area contributed by atoms with Crippen LogP contribution in [0.3, 0.4) is 0 Å². The van der Waals surface area contributed by atoms with Crippen molar-refractivity contribution in [2.24, 2.45) is 0 Å². The monoisotopic (exact) mass is 430 g/mol. The van der Waals surface area contributed by atoms with Crippen molar-refractivity contribution in [3.05, 3.63) is 82.8 Å². The molecule has 4 aromatic rings. The number of carbonyl (C=O) groups excluding carboxylic acids is 1. The van der Waals surface area contributed by atoms with Crippen LogP contribution >= 0.6 is 0 Å². The SMILES string of the molecule is CCc1cccc(NC(=O)Cn2cc(-c3nc(-c4ccc(OC)cc4)no3)ccc2=O)c1. The largest absolute Gasteiger partial charge is 0.497 e. The Hall–Kier alpha value is -4.20. The van der Waals surface area contributed by atoms with Gasteiger partial charge in [-0.25, -0.2) is 0 Å². The molecule has 2 heterocycles. The average Bonchev–Trinajstić information content (AvgIpc) is 3.31. The lowest BCUT2D eigenvalue weighted by molar-refractivity contribution is -0.116. The molecule has 4 rings (SSSR count). The number of amides is 1. The normalized spacial score (nSPS) is 10.7. The summed E-state index contributed by atoms with van der Waals surface area (Å²) in [5.74, 6) is 1.08. The number of pyridine rings is 1. The van der Waals surface area contributed by atoms with E-state index in [4.69, 9.17) is 9.26 Å². The van der Waals surface area contributed by atoms with Crippen molar-refractivity contribution in [3.8, 4) is 28.6 Å². The van der Waals surface area contributed by atoms with Gasteiger partial charge in [0, 0.05) is 23.5 Å². The van der Waals surface area contributed by atoms with Gasteiger partial charge in [-0.05, 0) is 54.4 Å². The van der Waals surface area contributed by atoms with E-state index in [9.17, 15) is 9.59 Å². The minimum absolute atomic E-state index is 0.136. The van der Waals surface area contributed by atoms with Crippen LogP contribution in [-0.2, 0) is 17.8 Å². The van der Waals surface area contributed by atoms with Crippen molar-refractivity contribution in [2.45, 2.75) is 19.9 Å². The molecule has 0 saturated heterocycles. The van der Waals surface area contributed by atoms with Crippen LogP contribution in [-0.4, -0.2) is 27.7 Å². The molecule has 0 bridgehead atoms. The molecule has 0 saturated carbocycles. The van der Waals surface area contributed by atoms with Gasteiger partial charge in [-0.2, -0.15) is 4.98 Å². The summed E-state index contributed by atoms with van der Waals surface area (Å²) in [6.45, 7) is 1.91. The van der Waals surface area contributed by atoms with Crippen LogP contribution in [0.2, 0.25) is 0 Å². The molecule has 0 unspecified atom stereocenters. The minimum atomic E-state index is -0.305. The van der Waals surface area contributed by atoms with Gasteiger partial charge in [-0.1, -0.05) is 24.2 Å². The summed E-state index contributed by atoms with van der Waals surface area (Å²) in [4.78, 5) is 29.2. The summed E-state index contributed by atoms with van der Waals surface area (Å²) >= 11 is 0. The number of nitrogens with zero attached hydrogens (tertiary/aromatic N) is 3. The lowest BCUT2D eigenvalue weighted by Crippen LogP contribution is -2.26. The third-order valence-electron chi connectivity index (χ3n) is 4.94. The molecule has 1 amide bonds. The molecule has 162 valence electrons. The highest BCUT2D eigenvalue weighted by molar-refractivity contribution is 5.90. The molecule has 2 aromatic heterocycles. The number of anilines is 1. The van der Waals surface area contributed by atoms with Gasteiger partial charge in [-0.15, -0.1) is 0 Å². The molecule has 8 nitrogen and oxygen atoms in total. The van der Waals surface area contributed by atoms with Crippen LogP contribution in [0.1, 0.15) is 12.5 Å². The predicted molar refractivity (Wildman–Crippen MR) is 120 cm³/mol. The maximum absolute atomic E-state index is 12.5. The van der Waals surface area contributed by atoms with E-state index >= 15 is 0 Å². The Bertz CT molecular complexity index is 1290. The number of carbonyl (C=O) groups is 1. The van der Waals surface area contributed by atoms with Crippen molar-refractivity contribution in [1.82, 2.24) is 14.7 Å². The highest BCUT2D eigenvalue weighted by Crippen LogP contribution is 2.23. The van der Waals surface area contributed by atoms with Crippen LogP contribution in [0, 0.1) is 0 Å². The second-order valence-electron chi connectivity index (χ2n) is 7.14. The van der Waals surface area contributed by atoms with Crippen molar-refractivity contribution in [1.29, 1.82) is 0 Å². The molecule has 0 spiro atoms. The Balaban J connectivity index is 1.51. The van der Waals surface area contributed by atoms with Crippen LogP contribution in [0.4, 0.5) is 5.69 Å². The summed E-state index contributed by atoms with van der Waals surface area (Å²) in [5, 5.41) is 6.84. The second-order valence-corrected chi connectivity index (χ2v) is 7.14. The fourth-order valence-electron chi connectivity index (χ4n) is 3.20. The molecule has 0 fully saturated rings. The van der Waals surface area contributed by atoms with Crippen LogP contribution in [0.5, 0.6) is 5.75 Å². The zero-order valence-corrected chi connectivity index (χ0v) is 17.7. The molecule has 0 radical (unpaired) electrons. The fourth-order valence-corrected chi connectivity index (χ4v) is 3.20. The second kappa shape index (κ2) is 9.30. The molecular weight excluding hydrogens is 408 g/mol. The Morgan fingerprint density at radius 3 is 2.62 bits per heavy atom. The van der Waals surface area contributed by atoms with E-state index in [1.807, 2.05) is 43.3 Å². The van der Waals surface area contributed by atoms with Gasteiger partial charge in [0.2, 0.25) is 11.7 Å². The number of rotatable bonds is 7. The molecular formula is C24H22N4O4. The summed E-state index contributed by atoms with van der Waals surface area (Å²) in [6.07, 6.45) is 2.41. The Labute approximate surface area is 184 Å². The lowest BCUT2D eigenvalue weighted by atomic mass is 10.1. The average molecular weight is 430 g/mol. The third kappa shape index (κ3) is 4.75. The maximum atomic E-state index is 12.5. The van der Waals surface area contributed by atoms with Gasteiger partial charge in [0.15, 0.2) is 0 Å². The fraction of sp³-hybridized carbons (Fsp3) is 0.167. The Morgan fingerprint density at radius 1 is 1.09 bits per heavy atom. The third-order valence-corrected chi connectivity index (χ3v) is 4.94. The van der Waals surface area contributed by atoms with Gasteiger partial charge in [-0.3, -0.25) is 9.59 Å². The van der Waals surface area contributed by atoms with E-state index in [0.717, 1.165) is 23.3 Å². The molecule has 2 aromatic carbocycles. The topological polar surface area (TPSA) is 99.2 Å². The van der Waals surface area contributed by atoms with Gasteiger partial charge < -0.3 is 19.1 Å². The number of methoxy groups -OCH3 is 1. The number of hydrogen-bond acceptors (Lipinski definition) is 6. The first-order valence-corrected chi connectivity index (χ1v) is 10.1. The van der Waals surface area contributed by atoms with Crippen molar-refractivity contribution in [2.75, 3.05) is 12.4 Å². The van der Waals surface area contributed by atoms with Gasteiger partial charge in [0.05, 0.1) is 12.7 Å². The predicted octanol–water partition coefficient (Wildman–Crippen LogP) is 3.78. The lowest BCUT2D eigenvalue weighted by Gasteiger charge is -2.09. The molecule has 0 atom stereocenters. The Kier molecular flexibility index (Phi) is 6.12. The summed E-state index contributed by atoms with van der Waals surface area (Å²) in [6, 6.07) is 17.8. The van der Waals surface area contributed by atoms with E-state index in [2.05, 4.69) is 15.5 Å². The smallest absolute Gasteiger partial charge is 0.259 e. The molecule has 0 aliphatic heterocycles. The number of nitrogens with one attached hydrogen (secondary N) is 1. The first kappa shape index (κ1) is 21.0. The van der Waals surface area contributed by atoms with Gasteiger partial charge in [0.25, 0.3) is 11.4 Å². The molecule has 0 aliphatic carbocycles. The zero-order valence-electron chi connectivity index (χ0n) is 17.7. The van der Waals surface area contributed by atoms with E-state index in [1.54, 1.807) is 25.3 Å². The Morgan fingerprint density at radius 2 is 1.88 bits per heavy atom. The van der Waals surface area contributed by atoms with Crippen LogP contribution < -0.4 is 15.6 Å². The highest BCUT2D eigenvalue weighted by Gasteiger charge is 2.13. The van der Waals surface area contributed by atoms with E-state index in [0.29, 0.717) is 17.1 Å². The van der Waals surface area contributed by atoms with Crippen molar-refractivity contribution >= 4 is 11.6 Å². The summed E-state index contributed by atoms with van der Waals surface area (Å²) in [7, 11) is 1.60. The van der Waals surface area contributed by atoms with Gasteiger partial charge >= 0.3 is 0 Å². The molecule has 32 heavy (non-hydrogen) atoms. The van der Waals surface area contributed by atoms with Crippen molar-refractivity contribution in [3.63, 3.8) is 0 Å². The van der Waals surface area contributed by atoms with E-state index < -0.39 is 0 Å². The summed E-state index contributed by atoms with van der Waals surface area (Å²) in [5.41, 5.74) is 2.81. The quantitative estimate of drug-likeness (QED) is 0.479. The zero-order chi connectivity index (χ0) is 22.5. The van der Waals surface area contributed by atoms with Crippen LogP contribution in [0.25, 0.3) is 22.8 Å². The number of aryl methyl sites for hydroxylation is 1. The van der Waals surface area contributed by atoms with E-state index in [-0.39, 0.29) is 23.9 Å². The minimum Gasteiger partial charge on any atom is -0.497 e. The molecule has 1 N–H and O–H groups in total.